The van der Waals surface area contributed by atoms with Crippen LogP contribution in [-0.2, 0) is 9.59 Å². The van der Waals surface area contributed by atoms with E-state index in [9.17, 15) is 9.59 Å². The van der Waals surface area contributed by atoms with E-state index in [1.54, 1.807) is 4.90 Å². The molecule has 6 heteroatoms. The third kappa shape index (κ3) is 3.68. The molecule has 1 rings (SSSR count). The molecule has 16 heavy (non-hydrogen) atoms. The normalized spacial score (nSPS) is 19.3. The third-order valence-corrected chi connectivity index (χ3v) is 3.04. The fourth-order valence-corrected chi connectivity index (χ4v) is 1.93. The molecule has 0 saturated carbocycles. The minimum absolute atomic E-state index is 0.0294. The predicted octanol–water partition coefficient (Wildman–Crippen LogP) is -0.805. The van der Waals surface area contributed by atoms with Gasteiger partial charge in [-0.3, -0.25) is 9.59 Å². The number of nitrogens with one attached hydrogen (secondary N) is 1. The van der Waals surface area contributed by atoms with Crippen LogP contribution in [0.5, 0.6) is 0 Å². The molecule has 0 aliphatic carbocycles. The van der Waals surface area contributed by atoms with Crippen molar-refractivity contribution >= 4 is 24.4 Å². The Labute approximate surface area is 102 Å². The van der Waals surface area contributed by atoms with E-state index in [0.29, 0.717) is 5.75 Å². The summed E-state index contributed by atoms with van der Waals surface area (Å²) in [6, 6.07) is -0.496. The molecule has 1 aliphatic heterocycles. The number of amides is 2. The topological polar surface area (TPSA) is 52.7 Å². The Morgan fingerprint density at radius 3 is 2.31 bits per heavy atom. The van der Waals surface area contributed by atoms with Crippen LogP contribution in [0.3, 0.4) is 0 Å². The molecule has 1 atom stereocenters. The summed E-state index contributed by atoms with van der Waals surface area (Å²) in [5, 5.41) is 2.62. The number of carbonyl (C=O) groups excluding carboxylic acids is 2. The summed E-state index contributed by atoms with van der Waals surface area (Å²) in [5.74, 6) is 0.116. The molecule has 1 aliphatic rings. The molecule has 0 bridgehead atoms. The summed E-state index contributed by atoms with van der Waals surface area (Å²) in [4.78, 5) is 26.9. The molecule has 0 spiro atoms. The lowest BCUT2D eigenvalue weighted by Crippen LogP contribution is -2.54. The molecule has 0 radical (unpaired) electrons. The number of thiol groups is 1. The Hall–Kier alpha value is -0.750. The Kier molecular flexibility index (Phi) is 5.08. The maximum absolute atomic E-state index is 12.0. The summed E-state index contributed by atoms with van der Waals surface area (Å²) >= 11 is 4.09. The zero-order valence-corrected chi connectivity index (χ0v) is 10.7. The standard InChI is InChI=1S/C10H19N3O2S/c1-8(14)11-9(7-16)10(15)13-5-3-12(2)4-6-13/h9,16H,3-7H2,1-2H3,(H,11,14)/t9-/m0/s1. The van der Waals surface area contributed by atoms with Gasteiger partial charge in [-0.2, -0.15) is 12.6 Å². The van der Waals surface area contributed by atoms with E-state index >= 15 is 0 Å². The summed E-state index contributed by atoms with van der Waals surface area (Å²) in [6.45, 7) is 4.61. The molecule has 0 unspecified atom stereocenters. The van der Waals surface area contributed by atoms with Crippen molar-refractivity contribution in [2.24, 2.45) is 0 Å². The summed E-state index contributed by atoms with van der Waals surface area (Å²) in [7, 11) is 2.03. The van der Waals surface area contributed by atoms with Gasteiger partial charge in [-0.15, -0.1) is 0 Å². The number of rotatable bonds is 3. The summed E-state index contributed by atoms with van der Waals surface area (Å²) in [6.07, 6.45) is 0. The number of hydrogen-bond donors (Lipinski definition) is 2. The van der Waals surface area contributed by atoms with E-state index < -0.39 is 6.04 Å². The fraction of sp³-hybridized carbons (Fsp3) is 0.800. The highest BCUT2D eigenvalue weighted by molar-refractivity contribution is 7.80. The molecular formula is C10H19N3O2S. The first kappa shape index (κ1) is 13.3. The highest BCUT2D eigenvalue weighted by atomic mass is 32.1. The fourth-order valence-electron chi connectivity index (χ4n) is 1.68. The quantitative estimate of drug-likeness (QED) is 0.640. The first-order valence-corrected chi connectivity index (χ1v) is 6.03. The van der Waals surface area contributed by atoms with E-state index in [4.69, 9.17) is 0 Å². The number of nitrogens with zero attached hydrogens (tertiary/aromatic N) is 2. The molecule has 0 aromatic carbocycles. The first-order chi connectivity index (χ1) is 7.54. The lowest BCUT2D eigenvalue weighted by atomic mass is 10.2. The van der Waals surface area contributed by atoms with E-state index in [2.05, 4.69) is 22.8 Å². The van der Waals surface area contributed by atoms with E-state index in [-0.39, 0.29) is 11.8 Å². The SMILES string of the molecule is CC(=O)N[C@@H](CS)C(=O)N1CCN(C)CC1. The molecule has 1 N–H and O–H groups in total. The lowest BCUT2D eigenvalue weighted by molar-refractivity contribution is -0.136. The Morgan fingerprint density at radius 2 is 1.88 bits per heavy atom. The second-order valence-electron chi connectivity index (χ2n) is 4.06. The van der Waals surface area contributed by atoms with Crippen LogP contribution in [0.1, 0.15) is 6.92 Å². The van der Waals surface area contributed by atoms with Crippen molar-refractivity contribution in [1.29, 1.82) is 0 Å². The van der Waals surface area contributed by atoms with Gasteiger partial charge in [-0.25, -0.2) is 0 Å². The van der Waals surface area contributed by atoms with Gasteiger partial charge in [0.05, 0.1) is 0 Å². The van der Waals surface area contributed by atoms with Crippen molar-refractivity contribution in [3.05, 3.63) is 0 Å². The van der Waals surface area contributed by atoms with Crippen LogP contribution in [0.25, 0.3) is 0 Å². The van der Waals surface area contributed by atoms with Crippen LogP contribution >= 0.6 is 12.6 Å². The molecule has 1 heterocycles. The number of likely N-dealkylation sites (N-methyl/N-ethyl adjacent to an activating group) is 1. The molecule has 0 aromatic rings. The van der Waals surface area contributed by atoms with Gasteiger partial charge in [-0.05, 0) is 7.05 Å². The van der Waals surface area contributed by atoms with Crippen molar-refractivity contribution in [2.45, 2.75) is 13.0 Å². The van der Waals surface area contributed by atoms with Gasteiger partial charge >= 0.3 is 0 Å². The van der Waals surface area contributed by atoms with Crippen molar-refractivity contribution in [3.63, 3.8) is 0 Å². The Bertz CT molecular complexity index is 265. The van der Waals surface area contributed by atoms with Gasteiger partial charge in [0, 0.05) is 38.9 Å². The predicted molar refractivity (Wildman–Crippen MR) is 65.5 cm³/mol. The van der Waals surface area contributed by atoms with E-state index in [1.807, 2.05) is 7.05 Å². The van der Waals surface area contributed by atoms with Gasteiger partial charge in [0.2, 0.25) is 11.8 Å². The van der Waals surface area contributed by atoms with Gasteiger partial charge < -0.3 is 15.1 Å². The number of hydrogen-bond acceptors (Lipinski definition) is 4. The van der Waals surface area contributed by atoms with E-state index in [0.717, 1.165) is 26.2 Å². The second-order valence-corrected chi connectivity index (χ2v) is 4.43. The molecule has 1 fully saturated rings. The van der Waals surface area contributed by atoms with Crippen LogP contribution < -0.4 is 5.32 Å². The van der Waals surface area contributed by atoms with Crippen molar-refractivity contribution in [2.75, 3.05) is 39.0 Å². The second kappa shape index (κ2) is 6.10. The Balaban J connectivity index is 2.51. The van der Waals surface area contributed by atoms with Crippen molar-refractivity contribution in [1.82, 2.24) is 15.1 Å². The molecule has 2 amide bonds. The highest BCUT2D eigenvalue weighted by Gasteiger charge is 2.26. The van der Waals surface area contributed by atoms with Crippen molar-refractivity contribution in [3.8, 4) is 0 Å². The van der Waals surface area contributed by atoms with E-state index in [1.165, 1.54) is 6.92 Å². The lowest BCUT2D eigenvalue weighted by Gasteiger charge is -2.34. The largest absolute Gasteiger partial charge is 0.344 e. The smallest absolute Gasteiger partial charge is 0.246 e. The van der Waals surface area contributed by atoms with Crippen LogP contribution in [0, 0.1) is 0 Å². The average molecular weight is 245 g/mol. The monoisotopic (exact) mass is 245 g/mol. The number of piperazine rings is 1. The maximum atomic E-state index is 12.0. The van der Waals surface area contributed by atoms with Crippen LogP contribution in [0.2, 0.25) is 0 Å². The molecule has 5 nitrogen and oxygen atoms in total. The van der Waals surface area contributed by atoms with Gasteiger partial charge in [0.15, 0.2) is 0 Å². The number of carbonyl (C=O) groups is 2. The highest BCUT2D eigenvalue weighted by Crippen LogP contribution is 2.03. The van der Waals surface area contributed by atoms with Crippen LogP contribution in [0.15, 0.2) is 0 Å². The van der Waals surface area contributed by atoms with Gasteiger partial charge in [0.1, 0.15) is 6.04 Å². The zero-order chi connectivity index (χ0) is 12.1. The molecule has 1 saturated heterocycles. The maximum Gasteiger partial charge on any atom is 0.246 e. The van der Waals surface area contributed by atoms with Crippen LogP contribution in [-0.4, -0.2) is 66.6 Å². The first-order valence-electron chi connectivity index (χ1n) is 5.40. The van der Waals surface area contributed by atoms with Crippen molar-refractivity contribution < 1.29 is 9.59 Å². The Morgan fingerprint density at radius 1 is 1.31 bits per heavy atom. The van der Waals surface area contributed by atoms with Crippen LogP contribution in [0.4, 0.5) is 0 Å². The molecule has 92 valence electrons. The minimum Gasteiger partial charge on any atom is -0.344 e. The third-order valence-electron chi connectivity index (χ3n) is 2.67. The summed E-state index contributed by atoms with van der Waals surface area (Å²) < 4.78 is 0. The molecular weight excluding hydrogens is 226 g/mol. The average Bonchev–Trinajstić information content (AvgIpc) is 2.25. The van der Waals surface area contributed by atoms with Gasteiger partial charge in [-0.1, -0.05) is 0 Å². The minimum atomic E-state index is -0.496. The summed E-state index contributed by atoms with van der Waals surface area (Å²) in [5.41, 5.74) is 0. The van der Waals surface area contributed by atoms with Gasteiger partial charge in [0.25, 0.3) is 0 Å². The molecule has 0 aromatic heterocycles. The zero-order valence-electron chi connectivity index (χ0n) is 9.77.